The van der Waals surface area contributed by atoms with Crippen molar-refractivity contribution in [2.75, 3.05) is 0 Å². The van der Waals surface area contributed by atoms with Gasteiger partial charge in [0, 0.05) is 0 Å². The minimum atomic E-state index is -4.45. The number of fused-ring (bicyclic) bond motifs is 1. The molecular formula is C14H10F3NO2. The van der Waals surface area contributed by atoms with Crippen molar-refractivity contribution >= 4 is 17.9 Å². The molecule has 2 amide bonds. The highest BCUT2D eigenvalue weighted by atomic mass is 19.4. The van der Waals surface area contributed by atoms with Crippen molar-refractivity contribution in [3.05, 3.63) is 41.5 Å². The predicted molar refractivity (Wildman–Crippen MR) is 64.5 cm³/mol. The van der Waals surface area contributed by atoms with E-state index in [2.05, 4.69) is 11.9 Å². The molecule has 3 nitrogen and oxygen atoms in total. The average Bonchev–Trinajstić information content (AvgIpc) is 3.08. The number of nitrogens with one attached hydrogen (secondary N) is 1. The Morgan fingerprint density at radius 1 is 1.35 bits per heavy atom. The van der Waals surface area contributed by atoms with Gasteiger partial charge < -0.3 is 0 Å². The van der Waals surface area contributed by atoms with Crippen LogP contribution in [-0.2, 0) is 21.2 Å². The molecule has 1 aromatic rings. The van der Waals surface area contributed by atoms with Crippen molar-refractivity contribution < 1.29 is 22.8 Å². The van der Waals surface area contributed by atoms with Gasteiger partial charge in [0.2, 0.25) is 11.8 Å². The first-order valence-electron chi connectivity index (χ1n) is 6.00. The Kier molecular flexibility index (Phi) is 2.39. The second-order valence-corrected chi connectivity index (χ2v) is 5.05. The lowest BCUT2D eigenvalue weighted by atomic mass is 9.88. The molecule has 2 fully saturated rings. The van der Waals surface area contributed by atoms with E-state index in [0.717, 1.165) is 12.1 Å². The van der Waals surface area contributed by atoms with E-state index in [1.54, 1.807) is 0 Å². The highest BCUT2D eigenvalue weighted by Gasteiger charge is 2.70. The Balaban J connectivity index is 2.11. The number of benzene rings is 1. The summed E-state index contributed by atoms with van der Waals surface area (Å²) in [6, 6.07) is 3.17. The molecule has 1 aromatic carbocycles. The molecule has 1 saturated carbocycles. The van der Waals surface area contributed by atoms with Gasteiger partial charge in [0.1, 0.15) is 0 Å². The number of carbonyl (C=O) groups is 2. The highest BCUT2D eigenvalue weighted by Crippen LogP contribution is 2.58. The van der Waals surface area contributed by atoms with E-state index in [1.807, 2.05) is 0 Å². The van der Waals surface area contributed by atoms with Crippen LogP contribution in [0, 0.1) is 5.92 Å². The van der Waals surface area contributed by atoms with Crippen molar-refractivity contribution in [1.82, 2.24) is 5.32 Å². The molecule has 0 spiro atoms. The quantitative estimate of drug-likeness (QED) is 0.845. The van der Waals surface area contributed by atoms with Crippen LogP contribution in [0.3, 0.4) is 0 Å². The Morgan fingerprint density at radius 3 is 2.50 bits per heavy atom. The predicted octanol–water partition coefficient (Wildman–Crippen LogP) is 2.26. The van der Waals surface area contributed by atoms with E-state index in [-0.39, 0.29) is 11.5 Å². The van der Waals surface area contributed by atoms with Crippen LogP contribution in [0.4, 0.5) is 13.2 Å². The molecule has 2 unspecified atom stereocenters. The fraction of sp³-hybridized carbons (Fsp3) is 0.286. The largest absolute Gasteiger partial charge is 0.416 e. The van der Waals surface area contributed by atoms with E-state index in [1.165, 1.54) is 12.1 Å². The molecule has 0 bridgehead atoms. The minimum absolute atomic E-state index is 0.243. The van der Waals surface area contributed by atoms with Crippen LogP contribution >= 0.6 is 0 Å². The van der Waals surface area contributed by atoms with Gasteiger partial charge in [0.25, 0.3) is 0 Å². The van der Waals surface area contributed by atoms with Gasteiger partial charge in [0.15, 0.2) is 0 Å². The summed E-state index contributed by atoms with van der Waals surface area (Å²) in [4.78, 5) is 23.4. The lowest BCUT2D eigenvalue weighted by molar-refractivity contribution is -0.137. The topological polar surface area (TPSA) is 46.2 Å². The number of carbonyl (C=O) groups excluding carboxylic acids is 2. The summed E-state index contributed by atoms with van der Waals surface area (Å²) in [5.41, 5.74) is -1.11. The number of halogens is 3. The molecule has 1 N–H and O–H groups in total. The van der Waals surface area contributed by atoms with E-state index in [0.29, 0.717) is 12.0 Å². The number of piperidine rings is 1. The molecule has 1 saturated heterocycles. The van der Waals surface area contributed by atoms with Crippen molar-refractivity contribution in [2.45, 2.75) is 18.0 Å². The zero-order valence-corrected chi connectivity index (χ0v) is 10.3. The standard InChI is InChI=1S/C14H10F3NO2/c1-2-7-5-8(14(15,16)17)3-4-9(7)13-6-10(13)11(19)18-12(13)20/h2-5,10H,1,6H2,(H,18,19,20). The first kappa shape index (κ1) is 12.9. The van der Waals surface area contributed by atoms with Crippen LogP contribution in [0.5, 0.6) is 0 Å². The summed E-state index contributed by atoms with van der Waals surface area (Å²) >= 11 is 0. The molecule has 1 heterocycles. The molecule has 1 aliphatic carbocycles. The van der Waals surface area contributed by atoms with Gasteiger partial charge in [-0.15, -0.1) is 0 Å². The first-order chi connectivity index (χ1) is 9.30. The maximum Gasteiger partial charge on any atom is 0.416 e. The number of amides is 2. The summed E-state index contributed by atoms with van der Waals surface area (Å²) in [5, 5.41) is 2.22. The summed E-state index contributed by atoms with van der Waals surface area (Å²) < 4.78 is 38.1. The monoisotopic (exact) mass is 281 g/mol. The van der Waals surface area contributed by atoms with Gasteiger partial charge in [0.05, 0.1) is 16.9 Å². The first-order valence-corrected chi connectivity index (χ1v) is 6.00. The van der Waals surface area contributed by atoms with E-state index < -0.39 is 29.0 Å². The summed E-state index contributed by atoms with van der Waals surface area (Å²) in [6.45, 7) is 3.50. The molecule has 6 heteroatoms. The van der Waals surface area contributed by atoms with Gasteiger partial charge in [-0.3, -0.25) is 14.9 Å². The zero-order chi connectivity index (χ0) is 14.7. The van der Waals surface area contributed by atoms with Crippen molar-refractivity contribution in [1.29, 1.82) is 0 Å². The maximum absolute atomic E-state index is 12.7. The highest BCUT2D eigenvalue weighted by molar-refractivity contribution is 6.15. The van der Waals surface area contributed by atoms with Gasteiger partial charge in [-0.2, -0.15) is 13.2 Å². The Morgan fingerprint density at radius 2 is 2.05 bits per heavy atom. The second-order valence-electron chi connectivity index (χ2n) is 5.05. The molecule has 0 radical (unpaired) electrons. The summed E-state index contributed by atoms with van der Waals surface area (Å²) in [7, 11) is 0. The third-order valence-electron chi connectivity index (χ3n) is 4.00. The van der Waals surface area contributed by atoms with Crippen LogP contribution in [-0.4, -0.2) is 11.8 Å². The van der Waals surface area contributed by atoms with E-state index in [9.17, 15) is 22.8 Å². The molecule has 0 aromatic heterocycles. The van der Waals surface area contributed by atoms with Gasteiger partial charge in [-0.1, -0.05) is 18.7 Å². The lowest BCUT2D eigenvalue weighted by Crippen LogP contribution is -2.30. The van der Waals surface area contributed by atoms with Crippen molar-refractivity contribution in [2.24, 2.45) is 5.92 Å². The third-order valence-corrected chi connectivity index (χ3v) is 4.00. The number of hydrogen-bond acceptors (Lipinski definition) is 2. The Labute approximate surface area is 112 Å². The molecule has 3 rings (SSSR count). The maximum atomic E-state index is 12.7. The molecule has 2 aliphatic rings. The number of imide groups is 1. The van der Waals surface area contributed by atoms with Crippen LogP contribution in [0.1, 0.15) is 23.1 Å². The van der Waals surface area contributed by atoms with E-state index in [4.69, 9.17) is 0 Å². The van der Waals surface area contributed by atoms with Crippen LogP contribution in [0.2, 0.25) is 0 Å². The van der Waals surface area contributed by atoms with Gasteiger partial charge in [-0.05, 0) is 29.7 Å². The number of alkyl halides is 3. The van der Waals surface area contributed by atoms with E-state index >= 15 is 0 Å². The molecule has 2 atom stereocenters. The fourth-order valence-corrected chi connectivity index (χ4v) is 2.88. The van der Waals surface area contributed by atoms with Gasteiger partial charge in [-0.25, -0.2) is 0 Å². The van der Waals surface area contributed by atoms with Crippen molar-refractivity contribution in [3.8, 4) is 0 Å². The zero-order valence-electron chi connectivity index (χ0n) is 10.3. The Bertz CT molecular complexity index is 650. The fourth-order valence-electron chi connectivity index (χ4n) is 2.88. The molecule has 104 valence electrons. The van der Waals surface area contributed by atoms with Crippen molar-refractivity contribution in [3.63, 3.8) is 0 Å². The third kappa shape index (κ3) is 1.54. The van der Waals surface area contributed by atoms with Gasteiger partial charge >= 0.3 is 6.18 Å². The summed E-state index contributed by atoms with van der Waals surface area (Å²) in [5.74, 6) is -1.26. The van der Waals surface area contributed by atoms with Crippen LogP contribution in [0.15, 0.2) is 24.8 Å². The average molecular weight is 281 g/mol. The SMILES string of the molecule is C=Cc1cc(C(F)(F)F)ccc1C12CC1C(=O)NC2=O. The normalized spacial score (nSPS) is 28.1. The summed E-state index contributed by atoms with van der Waals surface area (Å²) in [6.07, 6.45) is -2.82. The number of hydrogen-bond donors (Lipinski definition) is 1. The molecular weight excluding hydrogens is 271 g/mol. The Hall–Kier alpha value is -2.11. The molecule has 20 heavy (non-hydrogen) atoms. The smallest absolute Gasteiger partial charge is 0.295 e. The van der Waals surface area contributed by atoms with Crippen LogP contribution < -0.4 is 5.32 Å². The minimum Gasteiger partial charge on any atom is -0.295 e. The lowest BCUT2D eigenvalue weighted by Gasteiger charge is -2.16. The second kappa shape index (κ2) is 3.71. The number of rotatable bonds is 2. The van der Waals surface area contributed by atoms with Crippen LogP contribution in [0.25, 0.3) is 6.08 Å². The molecule has 1 aliphatic heterocycles.